The second-order valence-corrected chi connectivity index (χ2v) is 10.0. The second-order valence-electron chi connectivity index (χ2n) is 8.20. The molecular weight excluding hydrogens is 520 g/mol. The largest absolute Gasteiger partial charge is 0.508 e. The lowest BCUT2D eigenvalue weighted by atomic mass is 9.70. The van der Waals surface area contributed by atoms with Crippen LogP contribution in [0.15, 0.2) is 69.6 Å². The van der Waals surface area contributed by atoms with Crippen molar-refractivity contribution in [1.82, 2.24) is 0 Å². The van der Waals surface area contributed by atoms with Gasteiger partial charge in [-0.1, -0.05) is 50.1 Å². The monoisotopic (exact) mass is 534 g/mol. The standard InChI is InChI=1S/C26H16Br2O3/c1-12-6-19-17(9-23(12)29)15-4-2-13(27)7-20(15)26(19)21-8-14(28)3-5-16(21)18-10-24(30)25(31)11-22(18)26/h2-11,29-31H,1H3. The third-order valence-corrected chi connectivity index (χ3v) is 7.60. The first-order valence-electron chi connectivity index (χ1n) is 9.83. The van der Waals surface area contributed by atoms with Crippen molar-refractivity contribution in [2.24, 2.45) is 0 Å². The zero-order chi connectivity index (χ0) is 21.7. The van der Waals surface area contributed by atoms with Gasteiger partial charge in [-0.25, -0.2) is 0 Å². The second kappa shape index (κ2) is 6.15. The number of hydrogen-bond acceptors (Lipinski definition) is 3. The Morgan fingerprint density at radius 2 is 1.00 bits per heavy atom. The molecule has 0 aliphatic heterocycles. The molecule has 0 bridgehead atoms. The van der Waals surface area contributed by atoms with Crippen molar-refractivity contribution in [2.75, 3.05) is 0 Å². The molecule has 3 N–H and O–H groups in total. The minimum Gasteiger partial charge on any atom is -0.508 e. The first-order chi connectivity index (χ1) is 14.8. The molecule has 0 fully saturated rings. The fraction of sp³-hybridized carbons (Fsp3) is 0.0769. The van der Waals surface area contributed by atoms with E-state index >= 15 is 0 Å². The number of aromatic hydroxyl groups is 3. The summed E-state index contributed by atoms with van der Waals surface area (Å²) < 4.78 is 1.90. The summed E-state index contributed by atoms with van der Waals surface area (Å²) in [6.45, 7) is 1.90. The van der Waals surface area contributed by atoms with E-state index in [0.29, 0.717) is 0 Å². The molecular formula is C26H16Br2O3. The van der Waals surface area contributed by atoms with Gasteiger partial charge in [-0.3, -0.25) is 0 Å². The van der Waals surface area contributed by atoms with Gasteiger partial charge < -0.3 is 15.3 Å². The van der Waals surface area contributed by atoms with Crippen molar-refractivity contribution in [3.8, 4) is 39.5 Å². The molecule has 4 aromatic carbocycles. The molecule has 2 aliphatic carbocycles. The zero-order valence-electron chi connectivity index (χ0n) is 16.4. The van der Waals surface area contributed by atoms with Crippen LogP contribution >= 0.6 is 31.9 Å². The Morgan fingerprint density at radius 1 is 0.548 bits per heavy atom. The quantitative estimate of drug-likeness (QED) is 0.184. The number of benzene rings is 4. The lowest BCUT2D eigenvalue weighted by molar-refractivity contribution is 0.403. The topological polar surface area (TPSA) is 60.7 Å². The van der Waals surface area contributed by atoms with Crippen LogP contribution in [-0.4, -0.2) is 15.3 Å². The van der Waals surface area contributed by atoms with Crippen molar-refractivity contribution < 1.29 is 15.3 Å². The number of fused-ring (bicyclic) bond motifs is 10. The molecule has 2 aliphatic rings. The molecule has 0 amide bonds. The molecule has 152 valence electrons. The number of aryl methyl sites for hydroxylation is 1. The van der Waals surface area contributed by atoms with Crippen LogP contribution in [0.5, 0.6) is 17.2 Å². The summed E-state index contributed by atoms with van der Waals surface area (Å²) in [6.07, 6.45) is 0. The highest BCUT2D eigenvalue weighted by molar-refractivity contribution is 9.10. The summed E-state index contributed by atoms with van der Waals surface area (Å²) >= 11 is 7.28. The van der Waals surface area contributed by atoms with E-state index in [1.165, 1.54) is 0 Å². The van der Waals surface area contributed by atoms with E-state index in [1.54, 1.807) is 12.1 Å². The van der Waals surface area contributed by atoms with Gasteiger partial charge in [-0.05, 0) is 99.5 Å². The van der Waals surface area contributed by atoms with Gasteiger partial charge in [0.2, 0.25) is 0 Å². The number of phenols is 3. The highest BCUT2D eigenvalue weighted by Gasteiger charge is 2.52. The molecule has 0 saturated carbocycles. The number of hydrogen-bond donors (Lipinski definition) is 3. The summed E-state index contributed by atoms with van der Waals surface area (Å²) in [7, 11) is 0. The third-order valence-electron chi connectivity index (χ3n) is 6.61. The average Bonchev–Trinajstić information content (AvgIpc) is 3.14. The molecule has 6 rings (SSSR count). The Hall–Kier alpha value is -2.76. The number of rotatable bonds is 0. The Kier molecular flexibility index (Phi) is 3.76. The van der Waals surface area contributed by atoms with Crippen molar-refractivity contribution >= 4 is 31.9 Å². The molecule has 0 aromatic heterocycles. The summed E-state index contributed by atoms with van der Waals surface area (Å²) in [4.78, 5) is 0. The van der Waals surface area contributed by atoms with Crippen LogP contribution in [0.2, 0.25) is 0 Å². The Labute approximate surface area is 195 Å². The maximum atomic E-state index is 10.5. The van der Waals surface area contributed by atoms with Crippen LogP contribution in [-0.2, 0) is 5.41 Å². The van der Waals surface area contributed by atoms with Crippen molar-refractivity contribution in [3.05, 3.63) is 97.4 Å². The summed E-state index contributed by atoms with van der Waals surface area (Å²) in [5, 5.41) is 31.3. The van der Waals surface area contributed by atoms with E-state index in [4.69, 9.17) is 0 Å². The van der Waals surface area contributed by atoms with Crippen molar-refractivity contribution in [2.45, 2.75) is 12.3 Å². The Balaban J connectivity index is 1.88. The fourth-order valence-corrected chi connectivity index (χ4v) is 6.06. The Bertz CT molecular complexity index is 1340. The van der Waals surface area contributed by atoms with Crippen LogP contribution < -0.4 is 0 Å². The molecule has 1 atom stereocenters. The van der Waals surface area contributed by atoms with Gasteiger partial charge in [0.1, 0.15) is 5.75 Å². The van der Waals surface area contributed by atoms with Crippen LogP contribution in [0.4, 0.5) is 0 Å². The van der Waals surface area contributed by atoms with Crippen LogP contribution in [0.25, 0.3) is 22.3 Å². The van der Waals surface area contributed by atoms with Gasteiger partial charge in [-0.15, -0.1) is 0 Å². The first-order valence-corrected chi connectivity index (χ1v) is 11.4. The summed E-state index contributed by atoms with van der Waals surface area (Å²) in [5.74, 6) is -0.0318. The average molecular weight is 536 g/mol. The van der Waals surface area contributed by atoms with Crippen molar-refractivity contribution in [1.29, 1.82) is 0 Å². The molecule has 0 heterocycles. The van der Waals surface area contributed by atoms with Crippen molar-refractivity contribution in [3.63, 3.8) is 0 Å². The lowest BCUT2D eigenvalue weighted by Gasteiger charge is -2.31. The molecule has 0 saturated heterocycles. The fourth-order valence-electron chi connectivity index (χ4n) is 5.33. The van der Waals surface area contributed by atoms with E-state index in [-0.39, 0.29) is 17.2 Å². The summed E-state index contributed by atoms with van der Waals surface area (Å²) in [5.41, 5.74) is 8.15. The molecule has 0 radical (unpaired) electrons. The Morgan fingerprint density at radius 3 is 1.58 bits per heavy atom. The van der Waals surface area contributed by atoms with E-state index in [1.807, 2.05) is 37.3 Å². The van der Waals surface area contributed by atoms with Gasteiger partial charge in [0.15, 0.2) is 11.5 Å². The molecule has 1 spiro atoms. The maximum Gasteiger partial charge on any atom is 0.158 e. The molecule has 5 heteroatoms. The van der Waals surface area contributed by atoms with E-state index in [2.05, 4.69) is 50.1 Å². The van der Waals surface area contributed by atoms with E-state index < -0.39 is 5.41 Å². The molecule has 31 heavy (non-hydrogen) atoms. The molecule has 3 nitrogen and oxygen atoms in total. The van der Waals surface area contributed by atoms with E-state index in [9.17, 15) is 15.3 Å². The molecule has 1 unspecified atom stereocenters. The third kappa shape index (κ3) is 2.28. The normalized spacial score (nSPS) is 17.4. The minimum atomic E-state index is -0.674. The van der Waals surface area contributed by atoms with Gasteiger partial charge in [0.25, 0.3) is 0 Å². The predicted octanol–water partition coefficient (Wildman–Crippen LogP) is 6.98. The van der Waals surface area contributed by atoms with Gasteiger partial charge in [-0.2, -0.15) is 0 Å². The van der Waals surface area contributed by atoms with Gasteiger partial charge >= 0.3 is 0 Å². The highest BCUT2D eigenvalue weighted by Crippen LogP contribution is 2.64. The number of halogens is 2. The summed E-state index contributed by atoms with van der Waals surface area (Å²) in [6, 6.07) is 19.6. The number of phenolic OH excluding ortho intramolecular Hbond substituents is 3. The maximum absolute atomic E-state index is 10.5. The zero-order valence-corrected chi connectivity index (χ0v) is 19.5. The predicted molar refractivity (Wildman–Crippen MR) is 128 cm³/mol. The smallest absolute Gasteiger partial charge is 0.158 e. The van der Waals surface area contributed by atoms with Crippen LogP contribution in [0, 0.1) is 6.92 Å². The lowest BCUT2D eigenvalue weighted by Crippen LogP contribution is -2.26. The highest BCUT2D eigenvalue weighted by atomic mass is 79.9. The van der Waals surface area contributed by atoms with Crippen LogP contribution in [0.1, 0.15) is 27.8 Å². The van der Waals surface area contributed by atoms with Gasteiger partial charge in [0, 0.05) is 8.95 Å². The molecule has 4 aromatic rings. The van der Waals surface area contributed by atoms with Crippen LogP contribution in [0.3, 0.4) is 0 Å². The first kappa shape index (κ1) is 19.0. The minimum absolute atomic E-state index is 0.140. The SMILES string of the molecule is Cc1cc2c(cc1O)-c1ccc(Br)cc1C21c2cc(Br)ccc2-c2cc(O)c(O)cc21. The van der Waals surface area contributed by atoms with Gasteiger partial charge in [0.05, 0.1) is 5.41 Å². The van der Waals surface area contributed by atoms with E-state index in [0.717, 1.165) is 59.0 Å².